The summed E-state index contributed by atoms with van der Waals surface area (Å²) >= 11 is 0. The molecule has 0 aromatic heterocycles. The van der Waals surface area contributed by atoms with E-state index in [2.05, 4.69) is 5.32 Å². The number of nitrogens with one attached hydrogen (secondary N) is 1. The fraction of sp³-hybridized carbons (Fsp3) is 0.275. The summed E-state index contributed by atoms with van der Waals surface area (Å²) in [6, 6.07) is 23.6. The third-order valence-electron chi connectivity index (χ3n) is 6.82. The first-order valence-corrected chi connectivity index (χ1v) is 14.9. The molecule has 0 bridgehead atoms. The molecule has 7 nitrogen and oxygen atoms in total. The Hall–Kier alpha value is -4.99. The Morgan fingerprint density at radius 1 is 0.694 bits per heavy atom. The minimum absolute atomic E-state index is 0. The van der Waals surface area contributed by atoms with Crippen molar-refractivity contribution < 1.29 is 32.8 Å². The highest BCUT2D eigenvalue weighted by molar-refractivity contribution is 5.95. The Morgan fingerprint density at radius 2 is 1.18 bits per heavy atom. The Balaban J connectivity index is 0.000000763. The summed E-state index contributed by atoms with van der Waals surface area (Å²) in [7, 11) is 0. The van der Waals surface area contributed by atoms with Crippen LogP contribution in [0.1, 0.15) is 87.6 Å². The number of hydrogen-bond acceptors (Lipinski definition) is 7. The topological polar surface area (TPSA) is 123 Å². The first kappa shape index (κ1) is 44.0. The maximum Gasteiger partial charge on any atom is 0.159 e. The average Bonchev–Trinajstić information content (AvgIpc) is 3.03. The van der Waals surface area contributed by atoms with Crippen LogP contribution >= 0.6 is 0 Å². The van der Waals surface area contributed by atoms with Gasteiger partial charge in [0.25, 0.3) is 0 Å². The third-order valence-corrected chi connectivity index (χ3v) is 6.82. The molecule has 0 aliphatic carbocycles. The number of benzene rings is 4. The lowest BCUT2D eigenvalue weighted by atomic mass is 10.0. The number of rotatable bonds is 12. The molecule has 4 aromatic carbocycles. The number of ketones is 4. The van der Waals surface area contributed by atoms with Crippen molar-refractivity contribution in [2.75, 3.05) is 13.1 Å². The van der Waals surface area contributed by atoms with Gasteiger partial charge in [-0.25, -0.2) is 8.78 Å². The molecule has 0 saturated heterocycles. The van der Waals surface area contributed by atoms with E-state index in [1.54, 1.807) is 6.07 Å². The molecule has 49 heavy (non-hydrogen) atoms. The predicted molar refractivity (Wildman–Crippen MR) is 192 cm³/mol. The second-order valence-corrected chi connectivity index (χ2v) is 11.0. The second kappa shape index (κ2) is 22.6. The zero-order valence-corrected chi connectivity index (χ0v) is 27.1. The van der Waals surface area contributed by atoms with Crippen molar-refractivity contribution in [2.24, 2.45) is 5.73 Å². The fourth-order valence-corrected chi connectivity index (χ4v) is 4.33. The van der Waals surface area contributed by atoms with Crippen LogP contribution in [-0.2, 0) is 29.0 Å². The molecule has 0 heterocycles. The summed E-state index contributed by atoms with van der Waals surface area (Å²) in [6.07, 6.45) is 0.768. The molecule has 0 saturated carbocycles. The van der Waals surface area contributed by atoms with Crippen molar-refractivity contribution in [1.29, 1.82) is 0 Å². The van der Waals surface area contributed by atoms with Crippen LogP contribution in [0.5, 0.6) is 0 Å². The lowest BCUT2D eigenvalue weighted by molar-refractivity contribution is -0.118. The minimum Gasteiger partial charge on any atom is -0.324 e. The number of aldehydes is 1. The zero-order valence-electron chi connectivity index (χ0n) is 27.1. The van der Waals surface area contributed by atoms with E-state index in [1.807, 2.05) is 56.3 Å². The summed E-state index contributed by atoms with van der Waals surface area (Å²) < 4.78 is 27.0. The summed E-state index contributed by atoms with van der Waals surface area (Å²) in [6.45, 7) is 7.42. The quantitative estimate of drug-likeness (QED) is 0.118. The van der Waals surface area contributed by atoms with Crippen LogP contribution in [0.25, 0.3) is 0 Å². The second-order valence-electron chi connectivity index (χ2n) is 11.0. The van der Waals surface area contributed by atoms with E-state index in [-0.39, 0.29) is 75.0 Å². The molecule has 9 heteroatoms. The van der Waals surface area contributed by atoms with Gasteiger partial charge in [-0.3, -0.25) is 24.0 Å². The molecule has 0 atom stereocenters. The SMILES string of the molecule is C.C.CC(=O)c1ccc(F)c(CC(=O)CN)c1.CC(=O)c1ccc(F)c(CC(=O)CNCc2cccc(C)c2)c1.Cc1cccc(C=O)c1. The molecule has 0 aliphatic heterocycles. The van der Waals surface area contributed by atoms with Gasteiger partial charge in [0.2, 0.25) is 0 Å². The van der Waals surface area contributed by atoms with Gasteiger partial charge in [0.1, 0.15) is 17.9 Å². The molecule has 0 fully saturated rings. The highest BCUT2D eigenvalue weighted by Gasteiger charge is 2.11. The van der Waals surface area contributed by atoms with Crippen LogP contribution in [0.15, 0.2) is 84.9 Å². The van der Waals surface area contributed by atoms with E-state index in [0.29, 0.717) is 17.7 Å². The third kappa shape index (κ3) is 16.1. The number of Topliss-reactive ketones (excluding diaryl/α,β-unsaturated/α-hetero) is 4. The van der Waals surface area contributed by atoms with Crippen molar-refractivity contribution in [2.45, 2.75) is 61.9 Å². The van der Waals surface area contributed by atoms with Gasteiger partial charge >= 0.3 is 0 Å². The number of carbonyl (C=O) groups excluding carboxylic acids is 5. The first-order valence-electron chi connectivity index (χ1n) is 14.9. The fourth-order valence-electron chi connectivity index (χ4n) is 4.33. The van der Waals surface area contributed by atoms with Crippen molar-refractivity contribution in [3.63, 3.8) is 0 Å². The van der Waals surface area contributed by atoms with E-state index in [1.165, 1.54) is 55.8 Å². The standard InChI is InChI=1S/C19H20FNO2.C11H12FNO2.C8H8O.2CH4/c1-13-4-3-5-15(8-13)11-21-12-18(23)10-17-9-16(14(2)22)6-7-19(17)20;1-7(14)8-2-3-11(12)9(4-8)5-10(15)6-13;1-7-3-2-4-8(5-7)6-9;;/h3-9,21H,10-12H2,1-2H3;2-4H,5-6,13H2,1H3;2-6H,1H3;2*1H4. The molecular formula is C40H48F2N2O5. The van der Waals surface area contributed by atoms with Crippen LogP contribution in [0.3, 0.4) is 0 Å². The normalized spacial score (nSPS) is 9.69. The van der Waals surface area contributed by atoms with Gasteiger partial charge in [0.05, 0.1) is 13.1 Å². The van der Waals surface area contributed by atoms with E-state index in [4.69, 9.17) is 5.73 Å². The van der Waals surface area contributed by atoms with Crippen molar-refractivity contribution >= 4 is 29.4 Å². The Kier molecular flexibility index (Phi) is 20.3. The van der Waals surface area contributed by atoms with Gasteiger partial charge in [0, 0.05) is 36.1 Å². The maximum absolute atomic E-state index is 13.7. The highest BCUT2D eigenvalue weighted by Crippen LogP contribution is 2.13. The molecule has 0 radical (unpaired) electrons. The molecular weight excluding hydrogens is 626 g/mol. The van der Waals surface area contributed by atoms with Crippen LogP contribution < -0.4 is 11.1 Å². The summed E-state index contributed by atoms with van der Waals surface area (Å²) in [5.74, 6) is -1.61. The lowest BCUT2D eigenvalue weighted by Gasteiger charge is -2.07. The zero-order chi connectivity index (χ0) is 34.9. The summed E-state index contributed by atoms with van der Waals surface area (Å²) in [5.41, 5.74) is 10.6. The van der Waals surface area contributed by atoms with Crippen LogP contribution in [0, 0.1) is 25.5 Å². The number of halogens is 2. The van der Waals surface area contributed by atoms with Crippen LogP contribution in [0.2, 0.25) is 0 Å². The lowest BCUT2D eigenvalue weighted by Crippen LogP contribution is -2.24. The molecule has 0 amide bonds. The number of carbonyl (C=O) groups is 5. The Bertz CT molecular complexity index is 1720. The number of nitrogens with two attached hydrogens (primary N) is 1. The molecule has 0 unspecified atom stereocenters. The molecule has 4 aromatic rings. The van der Waals surface area contributed by atoms with E-state index in [0.717, 1.165) is 23.0 Å². The van der Waals surface area contributed by atoms with Gasteiger partial charge < -0.3 is 11.1 Å². The van der Waals surface area contributed by atoms with Gasteiger partial charge in [-0.2, -0.15) is 0 Å². The molecule has 0 aliphatic rings. The molecule has 0 spiro atoms. The van der Waals surface area contributed by atoms with Gasteiger partial charge in [-0.1, -0.05) is 68.4 Å². The first-order chi connectivity index (χ1) is 22.3. The van der Waals surface area contributed by atoms with E-state index >= 15 is 0 Å². The van der Waals surface area contributed by atoms with E-state index < -0.39 is 11.6 Å². The van der Waals surface area contributed by atoms with Crippen molar-refractivity contribution in [1.82, 2.24) is 5.32 Å². The molecule has 262 valence electrons. The number of hydrogen-bond donors (Lipinski definition) is 2. The summed E-state index contributed by atoms with van der Waals surface area (Å²) in [4.78, 5) is 55.5. The van der Waals surface area contributed by atoms with Crippen molar-refractivity contribution in [3.05, 3.63) is 141 Å². The van der Waals surface area contributed by atoms with Crippen molar-refractivity contribution in [3.8, 4) is 0 Å². The minimum atomic E-state index is -0.484. The van der Waals surface area contributed by atoms with Gasteiger partial charge in [-0.05, 0) is 86.8 Å². The van der Waals surface area contributed by atoms with E-state index in [9.17, 15) is 32.8 Å². The van der Waals surface area contributed by atoms with Gasteiger partial charge in [-0.15, -0.1) is 0 Å². The predicted octanol–water partition coefficient (Wildman–Crippen LogP) is 7.42. The largest absolute Gasteiger partial charge is 0.324 e. The summed E-state index contributed by atoms with van der Waals surface area (Å²) in [5, 5.41) is 3.07. The maximum atomic E-state index is 13.7. The Labute approximate surface area is 288 Å². The Morgan fingerprint density at radius 3 is 1.61 bits per heavy atom. The van der Waals surface area contributed by atoms with Gasteiger partial charge in [0.15, 0.2) is 23.1 Å². The van der Waals surface area contributed by atoms with Crippen LogP contribution in [-0.4, -0.2) is 42.5 Å². The molecule has 3 N–H and O–H groups in total. The monoisotopic (exact) mass is 674 g/mol. The average molecular weight is 675 g/mol. The smallest absolute Gasteiger partial charge is 0.159 e. The highest BCUT2D eigenvalue weighted by atomic mass is 19.1. The molecule has 4 rings (SSSR count). The number of aryl methyl sites for hydroxylation is 2. The van der Waals surface area contributed by atoms with Crippen LogP contribution in [0.4, 0.5) is 8.78 Å².